The Labute approximate surface area is 366 Å². The third-order valence-electron chi connectivity index (χ3n) is 9.35. The van der Waals surface area contributed by atoms with Gasteiger partial charge in [0, 0.05) is 13.1 Å². The lowest BCUT2D eigenvalue weighted by molar-refractivity contribution is 0.329. The van der Waals surface area contributed by atoms with Crippen LogP contribution in [0, 0.1) is 27.7 Å². The highest BCUT2D eigenvalue weighted by Gasteiger charge is 2.35. The molecule has 4 aromatic rings. The predicted molar refractivity (Wildman–Crippen MR) is 266 cm³/mol. The molecule has 4 aromatic carbocycles. The molecule has 0 aliphatic rings. The van der Waals surface area contributed by atoms with E-state index in [0.29, 0.717) is 12.5 Å². The van der Waals surface area contributed by atoms with Gasteiger partial charge in [-0.2, -0.15) is 0 Å². The zero-order valence-electron chi connectivity index (χ0n) is 39.8. The van der Waals surface area contributed by atoms with Crippen molar-refractivity contribution in [2.45, 2.75) is 145 Å². The molecule has 4 rings (SSSR count). The first kappa shape index (κ1) is 52.2. The third-order valence-corrected chi connectivity index (χ3v) is 24.4. The summed E-state index contributed by atoms with van der Waals surface area (Å²) >= 11 is 0. The molecular weight excluding hydrogens is 813 g/mol. The molecular formula is C48H80O6Si5. The molecule has 0 unspecified atom stereocenters. The first-order chi connectivity index (χ1) is 27.4. The number of hydrogen-bond acceptors (Lipinski definition) is 6. The average Bonchev–Trinajstić information content (AvgIpc) is 3.14. The van der Waals surface area contributed by atoms with Crippen LogP contribution in [-0.2, 0) is 8.23 Å². The van der Waals surface area contributed by atoms with E-state index < -0.39 is 41.8 Å². The summed E-state index contributed by atoms with van der Waals surface area (Å²) in [6.45, 7) is 35.3. The zero-order chi connectivity index (χ0) is 44.3. The average molecular weight is 894 g/mol. The minimum Gasteiger partial charge on any atom is -0.512 e. The summed E-state index contributed by atoms with van der Waals surface area (Å²) in [5.41, 5.74) is 4.93. The fourth-order valence-corrected chi connectivity index (χ4v) is 24.6. The van der Waals surface area contributed by atoms with Crippen LogP contribution in [0.2, 0.25) is 77.6 Å². The molecule has 0 N–H and O–H groups in total. The molecule has 0 spiro atoms. The maximum Gasteiger partial charge on any atom is 0.454 e. The Morgan fingerprint density at radius 3 is 0.881 bits per heavy atom. The summed E-state index contributed by atoms with van der Waals surface area (Å²) in [5.74, 6) is 3.55. The monoisotopic (exact) mass is 892 g/mol. The lowest BCUT2D eigenvalue weighted by Crippen LogP contribution is -2.51. The van der Waals surface area contributed by atoms with Crippen LogP contribution in [0.1, 0.15) is 61.8 Å². The third kappa shape index (κ3) is 23.6. The summed E-state index contributed by atoms with van der Waals surface area (Å²) in [6.07, 6.45) is 6.59. The van der Waals surface area contributed by atoms with Crippen molar-refractivity contribution in [3.63, 3.8) is 0 Å². The first-order valence-electron chi connectivity index (χ1n) is 21.7. The van der Waals surface area contributed by atoms with Gasteiger partial charge in [0.15, 0.2) is 16.6 Å². The molecule has 328 valence electrons. The maximum absolute atomic E-state index is 6.54. The molecule has 0 saturated carbocycles. The molecule has 0 aromatic heterocycles. The lowest BCUT2D eigenvalue weighted by atomic mass is 10.2. The van der Waals surface area contributed by atoms with E-state index in [-0.39, 0.29) is 0 Å². The first-order valence-corrected chi connectivity index (χ1v) is 37.0. The molecule has 11 heteroatoms. The summed E-state index contributed by atoms with van der Waals surface area (Å²) < 4.78 is 37.0. The van der Waals surface area contributed by atoms with Gasteiger partial charge < -0.3 is 26.6 Å². The van der Waals surface area contributed by atoms with Crippen molar-refractivity contribution < 1.29 is 26.6 Å². The number of ether oxygens (including phenoxy) is 2. The Kier molecular flexibility index (Phi) is 21.7. The van der Waals surface area contributed by atoms with Crippen molar-refractivity contribution in [3.05, 3.63) is 119 Å². The molecule has 0 bridgehead atoms. The maximum atomic E-state index is 6.54. The van der Waals surface area contributed by atoms with E-state index in [4.69, 9.17) is 26.6 Å². The van der Waals surface area contributed by atoms with Crippen LogP contribution < -0.4 is 18.3 Å². The highest BCUT2D eigenvalue weighted by atomic mass is 28.4. The minimum absolute atomic E-state index is 0.650. The van der Waals surface area contributed by atoms with Crippen LogP contribution in [0.4, 0.5) is 0 Å². The molecule has 0 aliphatic heterocycles. The highest BCUT2D eigenvalue weighted by Crippen LogP contribution is 2.25. The van der Waals surface area contributed by atoms with Gasteiger partial charge in [-0.25, -0.2) is 0 Å². The van der Waals surface area contributed by atoms with E-state index in [9.17, 15) is 0 Å². The van der Waals surface area contributed by atoms with E-state index in [1.54, 1.807) is 0 Å². The molecule has 0 fully saturated rings. The van der Waals surface area contributed by atoms with Gasteiger partial charge in [0.1, 0.15) is 35.5 Å². The van der Waals surface area contributed by atoms with Gasteiger partial charge in [-0.05, 0) is 141 Å². The van der Waals surface area contributed by atoms with Gasteiger partial charge in [-0.15, -0.1) is 0 Å². The van der Waals surface area contributed by atoms with Gasteiger partial charge in [-0.1, -0.05) is 110 Å². The normalized spacial score (nSPS) is 12.1. The Morgan fingerprint density at radius 1 is 0.356 bits per heavy atom. The second-order valence-corrected chi connectivity index (χ2v) is 39.4. The van der Waals surface area contributed by atoms with Crippen LogP contribution in [-0.4, -0.2) is 54.3 Å². The number of hydrogen-bond donors (Lipinski definition) is 0. The lowest BCUT2D eigenvalue weighted by Gasteiger charge is -2.34. The predicted octanol–water partition coefficient (Wildman–Crippen LogP) is 14.7. The van der Waals surface area contributed by atoms with E-state index in [2.05, 4.69) is 118 Å². The van der Waals surface area contributed by atoms with Crippen molar-refractivity contribution in [1.29, 1.82) is 0 Å². The van der Waals surface area contributed by atoms with Crippen LogP contribution in [0.15, 0.2) is 97.1 Å². The second kappa shape index (κ2) is 24.5. The topological polar surface area (TPSA) is 55.4 Å². The number of aryl methyl sites for hydroxylation is 4. The van der Waals surface area contributed by atoms with E-state index in [1.165, 1.54) is 60.0 Å². The Bertz CT molecular complexity index is 1610. The summed E-state index contributed by atoms with van der Waals surface area (Å²) in [4.78, 5) is 0. The summed E-state index contributed by atoms with van der Waals surface area (Å²) in [5, 5.41) is 0. The second-order valence-electron chi connectivity index (χ2n) is 18.9. The molecule has 59 heavy (non-hydrogen) atoms. The Balaban J connectivity index is 0.000000317. The fourth-order valence-electron chi connectivity index (χ4n) is 6.45. The molecule has 0 saturated heterocycles. The van der Waals surface area contributed by atoms with Crippen molar-refractivity contribution in [2.24, 2.45) is 0 Å². The van der Waals surface area contributed by atoms with Crippen molar-refractivity contribution in [1.82, 2.24) is 0 Å². The molecule has 6 nitrogen and oxygen atoms in total. The van der Waals surface area contributed by atoms with Gasteiger partial charge in [0.05, 0.1) is 0 Å². The van der Waals surface area contributed by atoms with Crippen LogP contribution in [0.3, 0.4) is 0 Å². The quantitative estimate of drug-likeness (QED) is 0.0824. The standard InChI is InChI=1S/C20H30O3Si2.C16H20O2Si.C12H30OSi2/c1-17-7-11-19(12-8-17)21-15-24(3,4)23-25(5,6)16-22-20-13-9-18(2)10-14-20;1-13-5-9-15(10-6-13)17-19(3,4)18-16-11-7-14(2)8-12-16;1-7-9-11-14(3,4)13-15(5,6)12-10-8-2/h7-14H,15-16H2,1-6H3;5-12H,1-4H3;7-12H2,1-6H3. The molecule has 0 aliphatic carbocycles. The molecule has 0 heterocycles. The summed E-state index contributed by atoms with van der Waals surface area (Å²) in [6, 6.07) is 35.2. The number of unbranched alkanes of at least 4 members (excludes halogenated alkanes) is 2. The largest absolute Gasteiger partial charge is 0.512 e. The van der Waals surface area contributed by atoms with Crippen LogP contribution >= 0.6 is 0 Å². The summed E-state index contributed by atoms with van der Waals surface area (Å²) in [7, 11) is -8.76. The Morgan fingerprint density at radius 2 is 0.610 bits per heavy atom. The van der Waals surface area contributed by atoms with E-state index >= 15 is 0 Å². The van der Waals surface area contributed by atoms with Crippen LogP contribution in [0.5, 0.6) is 23.0 Å². The van der Waals surface area contributed by atoms with E-state index in [0.717, 1.165) is 23.0 Å². The minimum atomic E-state index is -2.22. The van der Waals surface area contributed by atoms with E-state index in [1.807, 2.05) is 85.9 Å². The number of rotatable bonds is 20. The van der Waals surface area contributed by atoms with Gasteiger partial charge >= 0.3 is 8.56 Å². The molecule has 0 radical (unpaired) electrons. The molecule has 0 atom stereocenters. The van der Waals surface area contributed by atoms with Crippen molar-refractivity contribution >= 4 is 41.8 Å². The highest BCUT2D eigenvalue weighted by molar-refractivity contribution is 6.85. The van der Waals surface area contributed by atoms with Gasteiger partial charge in [-0.3, -0.25) is 0 Å². The van der Waals surface area contributed by atoms with Gasteiger partial charge in [0.2, 0.25) is 16.6 Å². The van der Waals surface area contributed by atoms with Gasteiger partial charge in [0.25, 0.3) is 0 Å². The number of benzene rings is 4. The fraction of sp³-hybridized carbons (Fsp3) is 0.500. The molecule has 0 amide bonds. The van der Waals surface area contributed by atoms with Crippen molar-refractivity contribution in [3.8, 4) is 23.0 Å². The SMILES string of the molecule is CCCC[Si](C)(C)O[Si](C)(C)CCCC.Cc1ccc(OC[Si](C)(C)O[Si](C)(C)COc2ccc(C)cc2)cc1.Cc1ccc(O[Si](C)(C)Oc2ccc(C)cc2)cc1. The smallest absolute Gasteiger partial charge is 0.454 e. The Hall–Kier alpha value is -2.92. The van der Waals surface area contributed by atoms with Crippen molar-refractivity contribution in [2.75, 3.05) is 12.5 Å². The van der Waals surface area contributed by atoms with Crippen LogP contribution in [0.25, 0.3) is 0 Å². The zero-order valence-corrected chi connectivity index (χ0v) is 44.8.